The van der Waals surface area contributed by atoms with Crippen LogP contribution in [0, 0.1) is 5.41 Å². The predicted molar refractivity (Wildman–Crippen MR) is 249 cm³/mol. The van der Waals surface area contributed by atoms with Gasteiger partial charge < -0.3 is 28.4 Å². The highest BCUT2D eigenvalue weighted by Gasteiger charge is 2.33. The lowest BCUT2D eigenvalue weighted by Gasteiger charge is -2.37. The average Bonchev–Trinajstić information content (AvgIpc) is 3.29. The van der Waals surface area contributed by atoms with Crippen molar-refractivity contribution in [3.63, 3.8) is 0 Å². The first-order chi connectivity index (χ1) is 30.4. The summed E-state index contributed by atoms with van der Waals surface area (Å²) < 4.78 is 34.0. The van der Waals surface area contributed by atoms with E-state index in [0.717, 1.165) is 105 Å². The first-order valence-corrected chi connectivity index (χ1v) is 23.6. The standard InChI is InChI=1S/C54H72O8/c1-3-4-5-6-7-8-9-10-11-16-37-59-50-32-28-46(29-33-50)44-20-24-48(25-21-44)52(55)61-39-18-14-19-40-62-53(56)49-26-22-45(23-27-49)47-30-34-51(35-31-47)60-38-17-13-12-15-36-57-41-54(2)42-58-43-54/h20-35H,3-19,36-43H2,1-2H3. The molecule has 62 heavy (non-hydrogen) atoms. The maximum absolute atomic E-state index is 12.6. The molecular formula is C54H72O8. The fraction of sp³-hybridized carbons (Fsp3) is 0.519. The highest BCUT2D eigenvalue weighted by molar-refractivity contribution is 5.90. The lowest BCUT2D eigenvalue weighted by Crippen LogP contribution is -2.43. The van der Waals surface area contributed by atoms with Gasteiger partial charge in [-0.1, -0.05) is 127 Å². The molecule has 336 valence electrons. The van der Waals surface area contributed by atoms with E-state index in [0.29, 0.717) is 43.8 Å². The second kappa shape index (κ2) is 28.1. The van der Waals surface area contributed by atoms with Gasteiger partial charge in [-0.25, -0.2) is 9.59 Å². The minimum atomic E-state index is -0.343. The fourth-order valence-corrected chi connectivity index (χ4v) is 7.44. The molecule has 0 saturated carbocycles. The van der Waals surface area contributed by atoms with Crippen LogP contribution in [0.5, 0.6) is 11.5 Å². The zero-order valence-corrected chi connectivity index (χ0v) is 37.7. The zero-order valence-electron chi connectivity index (χ0n) is 37.7. The summed E-state index contributed by atoms with van der Waals surface area (Å²) in [5.74, 6) is 1.06. The molecule has 0 bridgehead atoms. The van der Waals surface area contributed by atoms with Crippen molar-refractivity contribution in [1.82, 2.24) is 0 Å². The van der Waals surface area contributed by atoms with Crippen molar-refractivity contribution in [2.24, 2.45) is 5.41 Å². The van der Waals surface area contributed by atoms with Gasteiger partial charge in [0.05, 0.1) is 57.4 Å². The number of carbonyl (C=O) groups is 2. The number of unbranched alkanes of at least 4 members (excludes halogenated alkanes) is 14. The van der Waals surface area contributed by atoms with E-state index in [-0.39, 0.29) is 17.4 Å². The summed E-state index contributed by atoms with van der Waals surface area (Å²) in [6.45, 7) is 9.78. The van der Waals surface area contributed by atoms with E-state index in [1.165, 1.54) is 57.8 Å². The SMILES string of the molecule is CCCCCCCCCCCCOc1ccc(-c2ccc(C(=O)OCCCCCOC(=O)c3ccc(-c4ccc(OCCCCCCOCC5(C)COC5)cc4)cc3)cc2)cc1. The first kappa shape index (κ1) is 48.4. The van der Waals surface area contributed by atoms with Crippen LogP contribution in [0.25, 0.3) is 22.3 Å². The Morgan fingerprint density at radius 3 is 1.18 bits per heavy atom. The minimum Gasteiger partial charge on any atom is -0.494 e. The molecule has 1 aliphatic rings. The van der Waals surface area contributed by atoms with Crippen molar-refractivity contribution in [3.05, 3.63) is 108 Å². The first-order valence-electron chi connectivity index (χ1n) is 23.6. The number of hydrogen-bond donors (Lipinski definition) is 0. The minimum absolute atomic E-state index is 0.223. The summed E-state index contributed by atoms with van der Waals surface area (Å²) in [5.41, 5.74) is 5.44. The van der Waals surface area contributed by atoms with E-state index in [1.807, 2.05) is 60.7 Å². The third-order valence-corrected chi connectivity index (χ3v) is 11.4. The van der Waals surface area contributed by atoms with Gasteiger partial charge in [0, 0.05) is 12.0 Å². The molecule has 8 nitrogen and oxygen atoms in total. The summed E-state index contributed by atoms with van der Waals surface area (Å²) in [7, 11) is 0. The normalized spacial score (nSPS) is 13.0. The Bertz CT molecular complexity index is 1810. The Labute approximate surface area is 372 Å². The number of rotatable bonds is 32. The van der Waals surface area contributed by atoms with E-state index >= 15 is 0 Å². The van der Waals surface area contributed by atoms with E-state index in [1.54, 1.807) is 24.3 Å². The smallest absolute Gasteiger partial charge is 0.338 e. The fourth-order valence-electron chi connectivity index (χ4n) is 7.44. The Hall–Kier alpha value is -4.66. The molecule has 0 amide bonds. The summed E-state index contributed by atoms with van der Waals surface area (Å²) >= 11 is 0. The van der Waals surface area contributed by atoms with Gasteiger partial charge in [0.1, 0.15) is 11.5 Å². The molecule has 0 spiro atoms. The third kappa shape index (κ3) is 18.0. The molecule has 1 saturated heterocycles. The van der Waals surface area contributed by atoms with Crippen LogP contribution >= 0.6 is 0 Å². The number of ether oxygens (including phenoxy) is 6. The molecule has 0 N–H and O–H groups in total. The largest absolute Gasteiger partial charge is 0.494 e. The van der Waals surface area contributed by atoms with Crippen LogP contribution in [0.1, 0.15) is 144 Å². The van der Waals surface area contributed by atoms with Crippen LogP contribution in [0.3, 0.4) is 0 Å². The average molecular weight is 849 g/mol. The highest BCUT2D eigenvalue weighted by Crippen LogP contribution is 2.27. The Morgan fingerprint density at radius 2 is 0.790 bits per heavy atom. The predicted octanol–water partition coefficient (Wildman–Crippen LogP) is 13.5. The maximum atomic E-state index is 12.6. The summed E-state index contributed by atoms with van der Waals surface area (Å²) in [6.07, 6.45) is 19.7. The molecule has 1 heterocycles. The van der Waals surface area contributed by atoms with Crippen molar-refractivity contribution in [2.45, 2.75) is 123 Å². The van der Waals surface area contributed by atoms with Crippen molar-refractivity contribution < 1.29 is 38.0 Å². The summed E-state index contributed by atoms with van der Waals surface area (Å²) in [5, 5.41) is 0. The lowest BCUT2D eigenvalue weighted by molar-refractivity contribution is -0.137. The molecule has 0 aliphatic carbocycles. The van der Waals surface area contributed by atoms with E-state index in [9.17, 15) is 9.59 Å². The van der Waals surface area contributed by atoms with Crippen molar-refractivity contribution in [2.75, 3.05) is 52.9 Å². The van der Waals surface area contributed by atoms with Gasteiger partial charge in [0.25, 0.3) is 0 Å². The van der Waals surface area contributed by atoms with Crippen molar-refractivity contribution >= 4 is 11.9 Å². The number of esters is 2. The van der Waals surface area contributed by atoms with Crippen LogP contribution in [0.2, 0.25) is 0 Å². The number of benzene rings is 4. The molecule has 0 atom stereocenters. The van der Waals surface area contributed by atoms with Gasteiger partial charge in [-0.2, -0.15) is 0 Å². The molecule has 0 aromatic heterocycles. The van der Waals surface area contributed by atoms with Gasteiger partial charge in [0.2, 0.25) is 0 Å². The van der Waals surface area contributed by atoms with Crippen LogP contribution in [-0.4, -0.2) is 64.8 Å². The van der Waals surface area contributed by atoms with Crippen LogP contribution in [-0.2, 0) is 18.9 Å². The molecule has 4 aromatic rings. The second-order valence-electron chi connectivity index (χ2n) is 17.2. The Kier molecular flexibility index (Phi) is 21.9. The van der Waals surface area contributed by atoms with Crippen molar-refractivity contribution in [1.29, 1.82) is 0 Å². The lowest BCUT2D eigenvalue weighted by atomic mass is 9.90. The maximum Gasteiger partial charge on any atom is 0.338 e. The topological polar surface area (TPSA) is 89.5 Å². The second-order valence-corrected chi connectivity index (χ2v) is 17.2. The number of hydrogen-bond acceptors (Lipinski definition) is 8. The van der Waals surface area contributed by atoms with E-state index in [2.05, 4.69) is 26.0 Å². The van der Waals surface area contributed by atoms with Crippen LogP contribution < -0.4 is 9.47 Å². The van der Waals surface area contributed by atoms with Crippen LogP contribution in [0.4, 0.5) is 0 Å². The number of carbonyl (C=O) groups excluding carboxylic acids is 2. The van der Waals surface area contributed by atoms with Crippen LogP contribution in [0.15, 0.2) is 97.1 Å². The van der Waals surface area contributed by atoms with Gasteiger partial charge in [-0.3, -0.25) is 0 Å². The van der Waals surface area contributed by atoms with E-state index < -0.39 is 0 Å². The summed E-state index contributed by atoms with van der Waals surface area (Å²) in [6, 6.07) is 31.2. The summed E-state index contributed by atoms with van der Waals surface area (Å²) in [4.78, 5) is 25.3. The molecule has 1 aliphatic heterocycles. The Morgan fingerprint density at radius 1 is 0.452 bits per heavy atom. The quantitative estimate of drug-likeness (QED) is 0.0355. The molecule has 5 rings (SSSR count). The molecule has 1 fully saturated rings. The van der Waals surface area contributed by atoms with E-state index in [4.69, 9.17) is 28.4 Å². The molecule has 4 aromatic carbocycles. The zero-order chi connectivity index (χ0) is 43.5. The molecular weight excluding hydrogens is 777 g/mol. The molecule has 8 heteroatoms. The van der Waals surface area contributed by atoms with Gasteiger partial charge in [-0.15, -0.1) is 0 Å². The third-order valence-electron chi connectivity index (χ3n) is 11.4. The molecule has 0 unspecified atom stereocenters. The van der Waals surface area contributed by atoms with Gasteiger partial charge in [0.15, 0.2) is 0 Å². The highest BCUT2D eigenvalue weighted by atomic mass is 16.5. The van der Waals surface area contributed by atoms with Gasteiger partial charge >= 0.3 is 11.9 Å². The Balaban J connectivity index is 0.864. The molecule has 0 radical (unpaired) electrons. The van der Waals surface area contributed by atoms with Crippen molar-refractivity contribution in [3.8, 4) is 33.8 Å². The monoisotopic (exact) mass is 849 g/mol. The van der Waals surface area contributed by atoms with Gasteiger partial charge in [-0.05, 0) is 116 Å².